The number of nitrogens with zero attached hydrogens (tertiary/aromatic N) is 3. The fourth-order valence-electron chi connectivity index (χ4n) is 0.835. The molecule has 0 fully saturated rings. The van der Waals surface area contributed by atoms with E-state index >= 15 is 0 Å². The predicted octanol–water partition coefficient (Wildman–Crippen LogP) is 1.60. The van der Waals surface area contributed by atoms with Gasteiger partial charge < -0.3 is 5.32 Å². The van der Waals surface area contributed by atoms with Crippen LogP contribution in [0.1, 0.15) is 0 Å². The number of anilines is 2. The third kappa shape index (κ3) is 1.75. The van der Waals surface area contributed by atoms with Crippen LogP contribution in [0.2, 0.25) is 5.02 Å². The lowest BCUT2D eigenvalue weighted by Gasteiger charge is -1.99. The second kappa shape index (κ2) is 3.40. The summed E-state index contributed by atoms with van der Waals surface area (Å²) in [5.41, 5.74) is 0. The monoisotopic (exact) mass is 195 g/mol. The molecule has 0 aliphatic heterocycles. The van der Waals surface area contributed by atoms with Crippen molar-refractivity contribution in [1.82, 2.24) is 20.2 Å². The Labute approximate surface area is 79.2 Å². The molecular formula is C7H6ClN5. The zero-order valence-electron chi connectivity index (χ0n) is 6.53. The number of aromatic nitrogens is 4. The van der Waals surface area contributed by atoms with Gasteiger partial charge in [-0.05, 0) is 6.07 Å². The normalized spacial score (nSPS) is 9.92. The summed E-state index contributed by atoms with van der Waals surface area (Å²) in [4.78, 5) is 7.93. The van der Waals surface area contributed by atoms with Crippen LogP contribution in [0.25, 0.3) is 0 Å². The van der Waals surface area contributed by atoms with Gasteiger partial charge in [0.1, 0.15) is 10.8 Å². The van der Waals surface area contributed by atoms with Crippen LogP contribution in [0, 0.1) is 0 Å². The molecule has 2 aromatic rings. The lowest BCUT2D eigenvalue weighted by atomic mass is 10.6. The van der Waals surface area contributed by atoms with E-state index in [9.17, 15) is 0 Å². The molecule has 6 heteroatoms. The Morgan fingerprint density at radius 3 is 2.69 bits per heavy atom. The number of rotatable bonds is 2. The molecule has 0 unspecified atom stereocenters. The summed E-state index contributed by atoms with van der Waals surface area (Å²) in [6.45, 7) is 0. The van der Waals surface area contributed by atoms with Gasteiger partial charge in [-0.15, -0.1) is 0 Å². The quantitative estimate of drug-likeness (QED) is 0.764. The molecule has 0 saturated carbocycles. The molecule has 2 aromatic heterocycles. The van der Waals surface area contributed by atoms with Gasteiger partial charge in [-0.3, -0.25) is 5.10 Å². The third-order valence-electron chi connectivity index (χ3n) is 1.40. The molecule has 0 saturated heterocycles. The molecule has 2 N–H and O–H groups in total. The fourth-order valence-corrected chi connectivity index (χ4v) is 0.973. The summed E-state index contributed by atoms with van der Waals surface area (Å²) in [5.74, 6) is 1.07. The van der Waals surface area contributed by atoms with E-state index in [0.29, 0.717) is 16.8 Å². The molecule has 0 atom stereocenters. The Morgan fingerprint density at radius 1 is 1.31 bits per heavy atom. The van der Waals surface area contributed by atoms with Gasteiger partial charge in [0, 0.05) is 12.4 Å². The Kier molecular flexibility index (Phi) is 2.09. The number of aromatic amines is 1. The van der Waals surface area contributed by atoms with E-state index in [-0.39, 0.29) is 0 Å². The second-order valence-electron chi connectivity index (χ2n) is 2.29. The largest absolute Gasteiger partial charge is 0.308 e. The van der Waals surface area contributed by atoms with Gasteiger partial charge in [0.25, 0.3) is 0 Å². The van der Waals surface area contributed by atoms with E-state index in [2.05, 4.69) is 25.5 Å². The maximum atomic E-state index is 5.78. The number of H-pyrrole nitrogens is 1. The molecule has 2 rings (SSSR count). The minimum Gasteiger partial charge on any atom is -0.308 e. The van der Waals surface area contributed by atoms with Gasteiger partial charge >= 0.3 is 0 Å². The first-order valence-corrected chi connectivity index (χ1v) is 3.97. The Hall–Kier alpha value is -1.62. The van der Waals surface area contributed by atoms with Crippen LogP contribution >= 0.6 is 11.6 Å². The maximum Gasteiger partial charge on any atom is 0.228 e. The van der Waals surface area contributed by atoms with Crippen molar-refractivity contribution in [3.05, 3.63) is 29.7 Å². The average Bonchev–Trinajstić information content (AvgIpc) is 2.54. The Bertz CT molecular complexity index is 385. The standard InChI is InChI=1S/C7H6ClN5/c8-5-4-11-13-6(5)12-7-9-2-1-3-10-7/h1-4H,(H2,9,10,11,12,13). The van der Waals surface area contributed by atoms with Crippen molar-refractivity contribution in [3.63, 3.8) is 0 Å². The summed E-state index contributed by atoms with van der Waals surface area (Å²) >= 11 is 5.78. The van der Waals surface area contributed by atoms with Crippen molar-refractivity contribution in [1.29, 1.82) is 0 Å². The van der Waals surface area contributed by atoms with Gasteiger partial charge in [-0.2, -0.15) is 5.10 Å². The molecule has 0 spiro atoms. The SMILES string of the molecule is Clc1cn[nH]c1Nc1ncccn1. The zero-order valence-corrected chi connectivity index (χ0v) is 7.28. The zero-order chi connectivity index (χ0) is 9.10. The van der Waals surface area contributed by atoms with E-state index in [1.165, 1.54) is 6.20 Å². The number of nitrogens with one attached hydrogen (secondary N) is 2. The lowest BCUT2D eigenvalue weighted by molar-refractivity contribution is 1.08. The summed E-state index contributed by atoms with van der Waals surface area (Å²) in [5, 5.41) is 9.81. The van der Waals surface area contributed by atoms with E-state index < -0.39 is 0 Å². The van der Waals surface area contributed by atoms with Crippen LogP contribution < -0.4 is 5.32 Å². The molecule has 0 radical (unpaired) electrons. The van der Waals surface area contributed by atoms with Crippen LogP contribution in [-0.4, -0.2) is 20.2 Å². The van der Waals surface area contributed by atoms with Crippen molar-refractivity contribution in [3.8, 4) is 0 Å². The second-order valence-corrected chi connectivity index (χ2v) is 2.70. The van der Waals surface area contributed by atoms with Gasteiger partial charge in [0.05, 0.1) is 6.20 Å². The number of hydrogen-bond donors (Lipinski definition) is 2. The van der Waals surface area contributed by atoms with Crippen molar-refractivity contribution in [2.45, 2.75) is 0 Å². The highest BCUT2D eigenvalue weighted by Gasteiger charge is 2.02. The first kappa shape index (κ1) is 8.00. The summed E-state index contributed by atoms with van der Waals surface area (Å²) < 4.78 is 0. The molecule has 0 amide bonds. The summed E-state index contributed by atoms with van der Waals surface area (Å²) in [6, 6.07) is 1.74. The summed E-state index contributed by atoms with van der Waals surface area (Å²) in [6.07, 6.45) is 4.78. The molecule has 0 bridgehead atoms. The van der Waals surface area contributed by atoms with Gasteiger partial charge in [-0.1, -0.05) is 11.6 Å². The van der Waals surface area contributed by atoms with E-state index in [1.54, 1.807) is 18.5 Å². The fraction of sp³-hybridized carbons (Fsp3) is 0. The highest BCUT2D eigenvalue weighted by Crippen LogP contribution is 2.19. The van der Waals surface area contributed by atoms with Gasteiger partial charge in [0.15, 0.2) is 0 Å². The molecule has 0 aliphatic carbocycles. The maximum absolute atomic E-state index is 5.78. The molecule has 0 aromatic carbocycles. The first-order valence-electron chi connectivity index (χ1n) is 3.59. The minimum absolute atomic E-state index is 0.480. The Balaban J connectivity index is 2.20. The van der Waals surface area contributed by atoms with Crippen LogP contribution in [0.3, 0.4) is 0 Å². The van der Waals surface area contributed by atoms with E-state index in [1.807, 2.05) is 0 Å². The molecule has 66 valence electrons. The van der Waals surface area contributed by atoms with Crippen molar-refractivity contribution < 1.29 is 0 Å². The minimum atomic E-state index is 0.480. The number of halogens is 1. The average molecular weight is 196 g/mol. The molecule has 13 heavy (non-hydrogen) atoms. The van der Waals surface area contributed by atoms with E-state index in [0.717, 1.165) is 0 Å². The first-order chi connectivity index (χ1) is 6.36. The van der Waals surface area contributed by atoms with Crippen molar-refractivity contribution in [2.75, 3.05) is 5.32 Å². The van der Waals surface area contributed by atoms with Crippen LogP contribution in [-0.2, 0) is 0 Å². The summed E-state index contributed by atoms with van der Waals surface area (Å²) in [7, 11) is 0. The molecule has 5 nitrogen and oxygen atoms in total. The van der Waals surface area contributed by atoms with Gasteiger partial charge in [0.2, 0.25) is 5.95 Å². The smallest absolute Gasteiger partial charge is 0.228 e. The highest BCUT2D eigenvalue weighted by molar-refractivity contribution is 6.32. The van der Waals surface area contributed by atoms with Crippen LogP contribution in [0.4, 0.5) is 11.8 Å². The molecular weight excluding hydrogens is 190 g/mol. The van der Waals surface area contributed by atoms with Crippen molar-refractivity contribution >= 4 is 23.4 Å². The molecule has 2 heterocycles. The van der Waals surface area contributed by atoms with Gasteiger partial charge in [-0.25, -0.2) is 9.97 Å². The topological polar surface area (TPSA) is 66.5 Å². The lowest BCUT2D eigenvalue weighted by Crippen LogP contribution is -1.96. The third-order valence-corrected chi connectivity index (χ3v) is 1.68. The number of hydrogen-bond acceptors (Lipinski definition) is 4. The van der Waals surface area contributed by atoms with Crippen molar-refractivity contribution in [2.24, 2.45) is 0 Å². The predicted molar refractivity (Wildman–Crippen MR) is 48.9 cm³/mol. The Morgan fingerprint density at radius 2 is 2.08 bits per heavy atom. The van der Waals surface area contributed by atoms with Crippen LogP contribution in [0.15, 0.2) is 24.7 Å². The highest BCUT2D eigenvalue weighted by atomic mass is 35.5. The molecule has 0 aliphatic rings. The van der Waals surface area contributed by atoms with E-state index in [4.69, 9.17) is 11.6 Å². The van der Waals surface area contributed by atoms with Crippen LogP contribution in [0.5, 0.6) is 0 Å².